The molecule has 0 atom stereocenters. The van der Waals surface area contributed by atoms with E-state index in [1.54, 1.807) is 4.90 Å². The highest BCUT2D eigenvalue weighted by molar-refractivity contribution is 5.78. The van der Waals surface area contributed by atoms with E-state index in [-0.39, 0.29) is 5.91 Å². The number of rotatable bonds is 4. The highest BCUT2D eigenvalue weighted by atomic mass is 16.2. The Morgan fingerprint density at radius 1 is 1.45 bits per heavy atom. The lowest BCUT2D eigenvalue weighted by atomic mass is 10.1. The number of carbonyl (C=O) groups is 1. The largest absolute Gasteiger partial charge is 0.346 e. The fourth-order valence-electron chi connectivity index (χ4n) is 0.650. The van der Waals surface area contributed by atoms with Gasteiger partial charge in [0.2, 0.25) is 5.91 Å². The summed E-state index contributed by atoms with van der Waals surface area (Å²) in [4.78, 5) is 12.9. The minimum Gasteiger partial charge on any atom is -0.346 e. The molecule has 0 fully saturated rings. The van der Waals surface area contributed by atoms with Crippen molar-refractivity contribution in [1.82, 2.24) is 4.90 Å². The topological polar surface area (TPSA) is 20.3 Å². The first kappa shape index (κ1) is 10.2. The Labute approximate surface area is 68.9 Å². The predicted octanol–water partition coefficient (Wildman–Crippen LogP) is 1.82. The molecule has 0 spiro atoms. The maximum absolute atomic E-state index is 11.2. The maximum atomic E-state index is 11.2. The molecule has 2 nitrogen and oxygen atoms in total. The summed E-state index contributed by atoms with van der Waals surface area (Å²) in [6, 6.07) is 0. The molecular formula is C9H17NO. The SMILES string of the molecule is C=C(CC)CC(=O)N(C)CC. The molecule has 0 radical (unpaired) electrons. The Morgan fingerprint density at radius 3 is 2.36 bits per heavy atom. The zero-order chi connectivity index (χ0) is 8.85. The minimum atomic E-state index is 0.166. The third-order valence-electron chi connectivity index (χ3n) is 1.80. The molecular weight excluding hydrogens is 138 g/mol. The molecule has 0 rings (SSSR count). The quantitative estimate of drug-likeness (QED) is 0.567. The molecule has 0 aromatic carbocycles. The van der Waals surface area contributed by atoms with E-state index in [2.05, 4.69) is 6.58 Å². The lowest BCUT2D eigenvalue weighted by Gasteiger charge is -2.14. The molecule has 0 aromatic heterocycles. The van der Waals surface area contributed by atoms with Gasteiger partial charge in [0.1, 0.15) is 0 Å². The number of amides is 1. The zero-order valence-corrected chi connectivity index (χ0v) is 7.68. The summed E-state index contributed by atoms with van der Waals surface area (Å²) in [5.74, 6) is 0.166. The summed E-state index contributed by atoms with van der Waals surface area (Å²) in [6.07, 6.45) is 1.39. The van der Waals surface area contributed by atoms with Crippen LogP contribution in [0.4, 0.5) is 0 Å². The number of hydrogen-bond acceptors (Lipinski definition) is 1. The molecule has 0 aliphatic carbocycles. The number of hydrogen-bond donors (Lipinski definition) is 0. The van der Waals surface area contributed by atoms with Gasteiger partial charge in [-0.25, -0.2) is 0 Å². The van der Waals surface area contributed by atoms with Crippen molar-refractivity contribution in [3.05, 3.63) is 12.2 Å². The first-order valence-corrected chi connectivity index (χ1v) is 4.02. The van der Waals surface area contributed by atoms with E-state index in [1.807, 2.05) is 20.9 Å². The first-order chi connectivity index (χ1) is 5.11. The molecule has 0 saturated heterocycles. The highest BCUT2D eigenvalue weighted by Gasteiger charge is 2.06. The van der Waals surface area contributed by atoms with Crippen LogP contribution >= 0.6 is 0 Å². The van der Waals surface area contributed by atoms with Gasteiger partial charge in [0.15, 0.2) is 0 Å². The van der Waals surface area contributed by atoms with Crippen molar-refractivity contribution in [2.75, 3.05) is 13.6 Å². The van der Waals surface area contributed by atoms with E-state index >= 15 is 0 Å². The van der Waals surface area contributed by atoms with Gasteiger partial charge in [-0.15, -0.1) is 0 Å². The van der Waals surface area contributed by atoms with Crippen molar-refractivity contribution >= 4 is 5.91 Å². The smallest absolute Gasteiger partial charge is 0.226 e. The zero-order valence-electron chi connectivity index (χ0n) is 7.68. The summed E-state index contributed by atoms with van der Waals surface area (Å²) >= 11 is 0. The Morgan fingerprint density at radius 2 is 2.00 bits per heavy atom. The molecule has 0 bridgehead atoms. The van der Waals surface area contributed by atoms with E-state index in [9.17, 15) is 4.79 Å². The fourth-order valence-corrected chi connectivity index (χ4v) is 0.650. The Bertz CT molecular complexity index is 152. The van der Waals surface area contributed by atoms with Crippen LogP contribution in [-0.2, 0) is 4.79 Å². The third-order valence-corrected chi connectivity index (χ3v) is 1.80. The van der Waals surface area contributed by atoms with E-state index in [4.69, 9.17) is 0 Å². The van der Waals surface area contributed by atoms with Crippen molar-refractivity contribution in [2.45, 2.75) is 26.7 Å². The van der Waals surface area contributed by atoms with Crippen LogP contribution in [0.3, 0.4) is 0 Å². The van der Waals surface area contributed by atoms with Crippen LogP contribution in [0.15, 0.2) is 12.2 Å². The van der Waals surface area contributed by atoms with Crippen LogP contribution < -0.4 is 0 Å². The molecule has 0 heterocycles. The molecule has 11 heavy (non-hydrogen) atoms. The summed E-state index contributed by atoms with van der Waals surface area (Å²) in [6.45, 7) is 8.54. The lowest BCUT2D eigenvalue weighted by Crippen LogP contribution is -2.26. The summed E-state index contributed by atoms with van der Waals surface area (Å²) in [7, 11) is 1.81. The second-order valence-corrected chi connectivity index (χ2v) is 2.69. The van der Waals surface area contributed by atoms with Crippen molar-refractivity contribution < 1.29 is 4.79 Å². The molecule has 64 valence electrons. The third kappa shape index (κ3) is 3.81. The average molecular weight is 155 g/mol. The summed E-state index contributed by atoms with van der Waals surface area (Å²) < 4.78 is 0. The van der Waals surface area contributed by atoms with Crippen LogP contribution in [0.5, 0.6) is 0 Å². The normalized spacial score (nSPS) is 9.36. The standard InChI is InChI=1S/C9H17NO/c1-5-8(3)7-9(11)10(4)6-2/h3,5-7H2,1-2,4H3. The average Bonchev–Trinajstić information content (AvgIpc) is 2.02. The molecule has 0 saturated carbocycles. The van der Waals surface area contributed by atoms with Gasteiger partial charge in [-0.2, -0.15) is 0 Å². The second kappa shape index (κ2) is 4.94. The van der Waals surface area contributed by atoms with E-state index in [0.717, 1.165) is 18.5 Å². The van der Waals surface area contributed by atoms with Crippen molar-refractivity contribution in [1.29, 1.82) is 0 Å². The van der Waals surface area contributed by atoms with Gasteiger partial charge in [0, 0.05) is 20.0 Å². The van der Waals surface area contributed by atoms with Crippen LogP contribution in [-0.4, -0.2) is 24.4 Å². The van der Waals surface area contributed by atoms with E-state index in [0.29, 0.717) is 6.42 Å². The van der Waals surface area contributed by atoms with Crippen LogP contribution in [0.1, 0.15) is 26.7 Å². The monoisotopic (exact) mass is 155 g/mol. The summed E-state index contributed by atoms with van der Waals surface area (Å²) in [5, 5.41) is 0. The number of carbonyl (C=O) groups excluding carboxylic acids is 1. The Balaban J connectivity index is 3.77. The molecule has 1 amide bonds. The first-order valence-electron chi connectivity index (χ1n) is 4.02. The second-order valence-electron chi connectivity index (χ2n) is 2.69. The van der Waals surface area contributed by atoms with Gasteiger partial charge >= 0.3 is 0 Å². The van der Waals surface area contributed by atoms with Crippen LogP contribution in [0, 0.1) is 0 Å². The van der Waals surface area contributed by atoms with Crippen molar-refractivity contribution in [3.8, 4) is 0 Å². The van der Waals surface area contributed by atoms with Gasteiger partial charge in [0.25, 0.3) is 0 Å². The van der Waals surface area contributed by atoms with Gasteiger partial charge < -0.3 is 4.90 Å². The molecule has 0 N–H and O–H groups in total. The Kier molecular flexibility index (Phi) is 4.59. The fraction of sp³-hybridized carbons (Fsp3) is 0.667. The predicted molar refractivity (Wildman–Crippen MR) is 47.4 cm³/mol. The van der Waals surface area contributed by atoms with Gasteiger partial charge in [-0.3, -0.25) is 4.79 Å². The van der Waals surface area contributed by atoms with Crippen molar-refractivity contribution in [2.24, 2.45) is 0 Å². The maximum Gasteiger partial charge on any atom is 0.226 e. The van der Waals surface area contributed by atoms with E-state index in [1.165, 1.54) is 0 Å². The lowest BCUT2D eigenvalue weighted by molar-refractivity contribution is -0.128. The van der Waals surface area contributed by atoms with E-state index < -0.39 is 0 Å². The highest BCUT2D eigenvalue weighted by Crippen LogP contribution is 2.04. The van der Waals surface area contributed by atoms with Gasteiger partial charge in [-0.05, 0) is 13.3 Å². The molecule has 0 aliphatic rings. The Hall–Kier alpha value is -0.790. The molecule has 0 unspecified atom stereocenters. The molecule has 0 aliphatic heterocycles. The number of nitrogens with zero attached hydrogens (tertiary/aromatic N) is 1. The van der Waals surface area contributed by atoms with Crippen molar-refractivity contribution in [3.63, 3.8) is 0 Å². The molecule has 0 aromatic rings. The molecule has 2 heteroatoms. The summed E-state index contributed by atoms with van der Waals surface area (Å²) in [5.41, 5.74) is 1.01. The van der Waals surface area contributed by atoms with Gasteiger partial charge in [0.05, 0.1) is 0 Å². The van der Waals surface area contributed by atoms with Gasteiger partial charge in [-0.1, -0.05) is 19.1 Å². The van der Waals surface area contributed by atoms with Crippen LogP contribution in [0.2, 0.25) is 0 Å². The van der Waals surface area contributed by atoms with Crippen LogP contribution in [0.25, 0.3) is 0 Å². The minimum absolute atomic E-state index is 0.166.